The Morgan fingerprint density at radius 1 is 1.38 bits per heavy atom. The summed E-state index contributed by atoms with van der Waals surface area (Å²) in [5.74, 6) is 1.23. The van der Waals surface area contributed by atoms with Gasteiger partial charge in [-0.15, -0.1) is 0 Å². The first-order valence-electron chi connectivity index (χ1n) is 5.24. The van der Waals surface area contributed by atoms with Gasteiger partial charge in [0.25, 0.3) is 0 Å². The minimum atomic E-state index is 0.149. The first-order chi connectivity index (χ1) is 7.75. The van der Waals surface area contributed by atoms with Crippen molar-refractivity contribution in [2.75, 3.05) is 0 Å². The monoisotopic (exact) mass is 218 g/mol. The van der Waals surface area contributed by atoms with E-state index in [0.29, 0.717) is 11.7 Å². The van der Waals surface area contributed by atoms with Gasteiger partial charge in [0.1, 0.15) is 0 Å². The Bertz CT molecular complexity index is 438. The Morgan fingerprint density at radius 2 is 2.12 bits per heavy atom. The molecule has 1 atom stereocenters. The molecule has 0 aliphatic heterocycles. The van der Waals surface area contributed by atoms with Crippen LogP contribution in [0.15, 0.2) is 29.0 Å². The van der Waals surface area contributed by atoms with Crippen molar-refractivity contribution in [3.8, 4) is 11.4 Å². The minimum absolute atomic E-state index is 0.149. The first-order valence-corrected chi connectivity index (χ1v) is 5.24. The highest BCUT2D eigenvalue weighted by Gasteiger charge is 2.08. The number of aromatic nitrogens is 3. The molecule has 0 amide bonds. The van der Waals surface area contributed by atoms with Crippen LogP contribution in [0.2, 0.25) is 0 Å². The Balaban J connectivity index is 2.08. The quantitative estimate of drug-likeness (QED) is 0.839. The summed E-state index contributed by atoms with van der Waals surface area (Å²) in [5, 5.41) is 3.91. The number of hydrogen-bond donors (Lipinski definition) is 1. The molecule has 0 radical (unpaired) electrons. The molecule has 5 heteroatoms. The van der Waals surface area contributed by atoms with Crippen molar-refractivity contribution in [2.24, 2.45) is 5.73 Å². The number of hydrogen-bond acceptors (Lipinski definition) is 5. The molecule has 0 saturated heterocycles. The van der Waals surface area contributed by atoms with Crippen LogP contribution in [0.4, 0.5) is 0 Å². The van der Waals surface area contributed by atoms with Gasteiger partial charge in [0, 0.05) is 30.4 Å². The van der Waals surface area contributed by atoms with Crippen LogP contribution in [0.5, 0.6) is 0 Å². The van der Waals surface area contributed by atoms with Gasteiger partial charge in [-0.25, -0.2) is 0 Å². The molecule has 1 unspecified atom stereocenters. The first kappa shape index (κ1) is 10.8. The summed E-state index contributed by atoms with van der Waals surface area (Å²) in [6.07, 6.45) is 4.97. The standard InChI is InChI=1S/C11H14N4O/c1-8(12)2-3-10-14-11(15-16-10)9-4-6-13-7-5-9/h4-8H,2-3,12H2,1H3. The van der Waals surface area contributed by atoms with Crippen LogP contribution in [0, 0.1) is 0 Å². The predicted molar refractivity (Wildman–Crippen MR) is 59.5 cm³/mol. The Kier molecular flexibility index (Phi) is 3.26. The van der Waals surface area contributed by atoms with Gasteiger partial charge in [-0.3, -0.25) is 4.98 Å². The van der Waals surface area contributed by atoms with E-state index in [1.54, 1.807) is 12.4 Å². The van der Waals surface area contributed by atoms with Crippen LogP contribution < -0.4 is 5.73 Å². The van der Waals surface area contributed by atoms with Crippen LogP contribution in [0.3, 0.4) is 0 Å². The highest BCUT2D eigenvalue weighted by atomic mass is 16.5. The van der Waals surface area contributed by atoms with Crippen molar-refractivity contribution in [3.63, 3.8) is 0 Å². The zero-order valence-corrected chi connectivity index (χ0v) is 9.13. The van der Waals surface area contributed by atoms with Crippen molar-refractivity contribution in [1.29, 1.82) is 0 Å². The van der Waals surface area contributed by atoms with Crippen molar-refractivity contribution < 1.29 is 4.52 Å². The van der Waals surface area contributed by atoms with Crippen LogP contribution in [0.25, 0.3) is 11.4 Å². The third-order valence-electron chi connectivity index (χ3n) is 2.22. The highest BCUT2D eigenvalue weighted by Crippen LogP contribution is 2.14. The molecule has 0 aromatic carbocycles. The van der Waals surface area contributed by atoms with Crippen LogP contribution in [0.1, 0.15) is 19.2 Å². The largest absolute Gasteiger partial charge is 0.339 e. The summed E-state index contributed by atoms with van der Waals surface area (Å²) < 4.78 is 5.13. The molecule has 0 aliphatic carbocycles. The molecule has 5 nitrogen and oxygen atoms in total. The maximum atomic E-state index is 5.66. The van der Waals surface area contributed by atoms with Crippen LogP contribution >= 0.6 is 0 Å². The van der Waals surface area contributed by atoms with Gasteiger partial charge in [0.15, 0.2) is 0 Å². The van der Waals surface area contributed by atoms with E-state index >= 15 is 0 Å². The summed E-state index contributed by atoms with van der Waals surface area (Å²) in [4.78, 5) is 8.23. The number of aryl methyl sites for hydroxylation is 1. The number of nitrogens with zero attached hydrogens (tertiary/aromatic N) is 3. The molecule has 0 fully saturated rings. The molecule has 0 spiro atoms. The lowest BCUT2D eigenvalue weighted by Crippen LogP contribution is -2.15. The minimum Gasteiger partial charge on any atom is -0.339 e. The average molecular weight is 218 g/mol. The molecule has 2 rings (SSSR count). The van der Waals surface area contributed by atoms with Gasteiger partial charge in [0.2, 0.25) is 11.7 Å². The second-order valence-electron chi connectivity index (χ2n) is 3.76. The van der Waals surface area contributed by atoms with Gasteiger partial charge in [-0.05, 0) is 25.5 Å². The maximum Gasteiger partial charge on any atom is 0.227 e. The molecule has 0 aliphatic rings. The molecule has 2 aromatic heterocycles. The second-order valence-corrected chi connectivity index (χ2v) is 3.76. The lowest BCUT2D eigenvalue weighted by atomic mass is 10.2. The van der Waals surface area contributed by atoms with E-state index in [4.69, 9.17) is 10.3 Å². The Hall–Kier alpha value is -1.75. The number of nitrogens with two attached hydrogens (primary N) is 1. The fourth-order valence-electron chi connectivity index (χ4n) is 1.33. The van der Waals surface area contributed by atoms with E-state index in [1.165, 1.54) is 0 Å². The predicted octanol–water partition coefficient (Wildman–Crippen LogP) is 1.41. The molecular formula is C11H14N4O. The van der Waals surface area contributed by atoms with E-state index in [1.807, 2.05) is 19.1 Å². The smallest absolute Gasteiger partial charge is 0.227 e. The SMILES string of the molecule is CC(N)CCc1nc(-c2ccncc2)no1. The Morgan fingerprint density at radius 3 is 2.81 bits per heavy atom. The lowest BCUT2D eigenvalue weighted by Gasteiger charge is -1.99. The summed E-state index contributed by atoms with van der Waals surface area (Å²) in [6.45, 7) is 1.96. The van der Waals surface area contributed by atoms with Crippen LogP contribution in [-0.2, 0) is 6.42 Å². The normalized spacial score (nSPS) is 12.6. The van der Waals surface area contributed by atoms with Gasteiger partial charge < -0.3 is 10.3 Å². The van der Waals surface area contributed by atoms with Gasteiger partial charge in [0.05, 0.1) is 0 Å². The third-order valence-corrected chi connectivity index (χ3v) is 2.22. The molecule has 0 saturated carbocycles. The van der Waals surface area contributed by atoms with E-state index in [-0.39, 0.29) is 6.04 Å². The average Bonchev–Trinajstić information content (AvgIpc) is 2.76. The molecule has 2 aromatic rings. The fraction of sp³-hybridized carbons (Fsp3) is 0.364. The number of pyridine rings is 1. The zero-order chi connectivity index (χ0) is 11.4. The zero-order valence-electron chi connectivity index (χ0n) is 9.13. The lowest BCUT2D eigenvalue weighted by molar-refractivity contribution is 0.372. The van der Waals surface area contributed by atoms with E-state index in [0.717, 1.165) is 18.4 Å². The van der Waals surface area contributed by atoms with Crippen molar-refractivity contribution in [2.45, 2.75) is 25.8 Å². The summed E-state index contributed by atoms with van der Waals surface area (Å²) in [5.41, 5.74) is 6.57. The van der Waals surface area contributed by atoms with Gasteiger partial charge >= 0.3 is 0 Å². The third kappa shape index (κ3) is 2.64. The Labute approximate surface area is 93.7 Å². The summed E-state index contributed by atoms with van der Waals surface area (Å²) in [7, 11) is 0. The van der Waals surface area contributed by atoms with E-state index < -0.39 is 0 Å². The summed E-state index contributed by atoms with van der Waals surface area (Å²) in [6, 6.07) is 3.84. The number of rotatable bonds is 4. The maximum absolute atomic E-state index is 5.66. The topological polar surface area (TPSA) is 77.8 Å². The molecule has 2 N–H and O–H groups in total. The van der Waals surface area contributed by atoms with E-state index in [9.17, 15) is 0 Å². The summed E-state index contributed by atoms with van der Waals surface area (Å²) >= 11 is 0. The van der Waals surface area contributed by atoms with Crippen molar-refractivity contribution >= 4 is 0 Å². The van der Waals surface area contributed by atoms with Gasteiger partial charge in [-0.2, -0.15) is 4.98 Å². The molecule has 2 heterocycles. The highest BCUT2D eigenvalue weighted by molar-refractivity contribution is 5.52. The molecular weight excluding hydrogens is 204 g/mol. The van der Waals surface area contributed by atoms with Crippen LogP contribution in [-0.4, -0.2) is 21.2 Å². The second kappa shape index (κ2) is 4.85. The van der Waals surface area contributed by atoms with Crippen molar-refractivity contribution in [1.82, 2.24) is 15.1 Å². The molecule has 84 valence electrons. The molecule has 16 heavy (non-hydrogen) atoms. The van der Waals surface area contributed by atoms with E-state index in [2.05, 4.69) is 15.1 Å². The van der Waals surface area contributed by atoms with Crippen molar-refractivity contribution in [3.05, 3.63) is 30.4 Å². The van der Waals surface area contributed by atoms with Gasteiger partial charge in [-0.1, -0.05) is 5.16 Å². The fourth-order valence-corrected chi connectivity index (χ4v) is 1.33. The molecule has 0 bridgehead atoms.